The highest BCUT2D eigenvalue weighted by Crippen LogP contribution is 2.64. The molecule has 0 bridgehead atoms. The zero-order chi connectivity index (χ0) is 53.9. The monoisotopic (exact) mass is 1040 g/mol. The van der Waals surface area contributed by atoms with Crippen LogP contribution in [0.4, 0.5) is 0 Å². The zero-order valence-electron chi connectivity index (χ0n) is 43.6. The van der Waals surface area contributed by atoms with Gasteiger partial charge < -0.3 is 23.0 Å². The molecule has 9 nitrogen and oxygen atoms in total. The van der Waals surface area contributed by atoms with Gasteiger partial charge in [-0.25, -0.2) is 0 Å². The molecule has 0 amide bonds. The maximum atomic E-state index is 10.2. The Bertz CT molecular complexity index is 5170. The Kier molecular flexibility index (Phi) is 8.83. The molecule has 378 valence electrons. The summed E-state index contributed by atoms with van der Waals surface area (Å²) in [6.07, 6.45) is 3.95. The predicted molar refractivity (Wildman–Crippen MR) is 326 cm³/mol. The largest absolute Gasteiger partial charge is 0.452 e. The Labute approximate surface area is 467 Å². The molecule has 1 spiro atoms. The van der Waals surface area contributed by atoms with E-state index in [2.05, 4.69) is 237 Å². The minimum absolute atomic E-state index is 0.598. The summed E-state index contributed by atoms with van der Waals surface area (Å²) in [7, 11) is 0. The number of hydrogen-bond donors (Lipinski definition) is 0. The molecule has 0 atom stereocenters. The molecule has 0 unspecified atom stereocenters. The third-order valence-corrected chi connectivity index (χ3v) is 17.5. The summed E-state index contributed by atoms with van der Waals surface area (Å²) in [4.78, 5) is 11.2. The Morgan fingerprint density at radius 3 is 1.01 bits per heavy atom. The number of nitrogens with zero attached hydrogens (tertiary/aromatic N) is 8. The standard InChI is InChI=1S/C73H40N8O/c74-39-43-31-33-65-53(35-43)51-19-5-7-23-59(51)78(65)45-37-57-69(76-41-45)70-58(38-46(42-77-70)79-60-24-8-6-20-52(60)54-36-44(40-75)32-34-66(54)79)73(57)55-21-13-29-67(80-61-25-9-1-15-47(61)48-16-2-10-26-62(48)80)71(55)82-72-56(73)22-14-30-68(72)81-63-27-11-3-17-49(63)50-18-4-12-28-64(50)81/h1-38,41-42H. The second kappa shape index (κ2) is 16.3. The highest BCUT2D eigenvalue weighted by Gasteiger charge is 2.54. The van der Waals surface area contributed by atoms with Crippen LogP contribution in [0.2, 0.25) is 0 Å². The second-order valence-corrected chi connectivity index (χ2v) is 21.5. The minimum atomic E-state index is -1.12. The molecule has 82 heavy (non-hydrogen) atoms. The van der Waals surface area contributed by atoms with Crippen molar-refractivity contribution in [1.82, 2.24) is 28.2 Å². The lowest BCUT2D eigenvalue weighted by atomic mass is 9.66. The summed E-state index contributed by atoms with van der Waals surface area (Å²) in [5.41, 5.74) is 17.1. The maximum Gasteiger partial charge on any atom is 0.156 e. The lowest BCUT2D eigenvalue weighted by molar-refractivity contribution is 0.433. The number of para-hydroxylation sites is 8. The molecule has 6 aromatic heterocycles. The molecule has 0 fully saturated rings. The van der Waals surface area contributed by atoms with E-state index in [4.69, 9.17) is 14.7 Å². The van der Waals surface area contributed by atoms with Gasteiger partial charge in [-0.05, 0) is 97.1 Å². The third-order valence-electron chi connectivity index (χ3n) is 17.5. The van der Waals surface area contributed by atoms with Crippen LogP contribution < -0.4 is 4.74 Å². The molecule has 16 aromatic rings. The summed E-state index contributed by atoms with van der Waals surface area (Å²) in [5.74, 6) is 1.43. The van der Waals surface area contributed by atoms with Gasteiger partial charge in [0.15, 0.2) is 11.5 Å². The number of ether oxygens (including phenoxy) is 1. The van der Waals surface area contributed by atoms with Crippen LogP contribution in [-0.2, 0) is 5.41 Å². The quantitative estimate of drug-likeness (QED) is 0.175. The van der Waals surface area contributed by atoms with Gasteiger partial charge in [-0.3, -0.25) is 9.97 Å². The van der Waals surface area contributed by atoms with Gasteiger partial charge in [0.1, 0.15) is 0 Å². The van der Waals surface area contributed by atoms with Crippen LogP contribution in [0.3, 0.4) is 0 Å². The van der Waals surface area contributed by atoms with E-state index in [1.54, 1.807) is 0 Å². The summed E-state index contributed by atoms with van der Waals surface area (Å²) < 4.78 is 17.2. The second-order valence-electron chi connectivity index (χ2n) is 21.5. The molecule has 2 aliphatic rings. The van der Waals surface area contributed by atoms with Crippen LogP contribution in [0.1, 0.15) is 33.4 Å². The molecule has 0 saturated heterocycles. The van der Waals surface area contributed by atoms with Gasteiger partial charge >= 0.3 is 0 Å². The van der Waals surface area contributed by atoms with Gasteiger partial charge in [0.25, 0.3) is 0 Å². The van der Waals surface area contributed by atoms with E-state index in [0.29, 0.717) is 22.6 Å². The van der Waals surface area contributed by atoms with E-state index in [-0.39, 0.29) is 0 Å². The topological polar surface area (TPSA) is 102 Å². The van der Waals surface area contributed by atoms with Crippen LogP contribution in [0, 0.1) is 22.7 Å². The predicted octanol–water partition coefficient (Wildman–Crippen LogP) is 17.1. The number of rotatable bonds is 4. The van der Waals surface area contributed by atoms with Crippen molar-refractivity contribution < 1.29 is 4.74 Å². The van der Waals surface area contributed by atoms with Gasteiger partial charge in [0.2, 0.25) is 0 Å². The van der Waals surface area contributed by atoms with Gasteiger partial charge in [-0.2, -0.15) is 10.5 Å². The van der Waals surface area contributed by atoms with Crippen molar-refractivity contribution in [1.29, 1.82) is 10.5 Å². The van der Waals surface area contributed by atoms with Crippen molar-refractivity contribution in [3.05, 3.63) is 276 Å². The minimum Gasteiger partial charge on any atom is -0.452 e. The van der Waals surface area contributed by atoms with Crippen LogP contribution in [0.15, 0.2) is 243 Å². The molecule has 1 aliphatic carbocycles. The first kappa shape index (κ1) is 44.5. The summed E-state index contributed by atoms with van der Waals surface area (Å²) >= 11 is 0. The maximum absolute atomic E-state index is 10.2. The first-order chi connectivity index (χ1) is 40.6. The summed E-state index contributed by atoms with van der Waals surface area (Å²) in [5, 5.41) is 29.0. The molecule has 0 saturated carbocycles. The van der Waals surface area contributed by atoms with Crippen molar-refractivity contribution >= 4 is 87.2 Å². The lowest BCUT2D eigenvalue weighted by Crippen LogP contribution is -2.33. The fourth-order valence-electron chi connectivity index (χ4n) is 14.3. The molecule has 18 rings (SSSR count). The molecule has 9 heteroatoms. The molecule has 0 N–H and O–H groups in total. The van der Waals surface area contributed by atoms with Gasteiger partial charge in [0, 0.05) is 65.3 Å². The molecule has 7 heterocycles. The Balaban J connectivity index is 1.02. The first-order valence-electron chi connectivity index (χ1n) is 27.4. The van der Waals surface area contributed by atoms with Crippen molar-refractivity contribution in [2.45, 2.75) is 5.41 Å². The summed E-state index contributed by atoms with van der Waals surface area (Å²) in [6, 6.07) is 85.9. The SMILES string of the molecule is N#Cc1ccc2c(c1)c1ccccc1n2-c1cnc2c(c1)C1(c3cc(-n4c5ccccc5c5cc(C#N)ccc54)cnc3-2)c2cccc(-n3c4ccccc4c4ccccc43)c2Oc2c(-n3c4ccccc4c4ccccc43)cccc21. The van der Waals surface area contributed by atoms with E-state index in [1.807, 2.05) is 36.7 Å². The average molecular weight is 1050 g/mol. The van der Waals surface area contributed by atoms with Crippen molar-refractivity contribution in [2.75, 3.05) is 0 Å². The Morgan fingerprint density at radius 2 is 0.646 bits per heavy atom. The van der Waals surface area contributed by atoms with E-state index in [0.717, 1.165) is 144 Å². The number of fused-ring (bicyclic) bond motifs is 21. The molecule has 10 aromatic carbocycles. The normalized spacial score (nSPS) is 13.0. The number of nitriles is 2. The van der Waals surface area contributed by atoms with E-state index < -0.39 is 5.41 Å². The van der Waals surface area contributed by atoms with E-state index in [9.17, 15) is 10.5 Å². The Morgan fingerprint density at radius 1 is 0.317 bits per heavy atom. The van der Waals surface area contributed by atoms with E-state index in [1.165, 1.54) is 0 Å². The lowest BCUT2D eigenvalue weighted by Gasteiger charge is -2.40. The molecular formula is C73H40N8O. The number of pyridine rings is 2. The van der Waals surface area contributed by atoms with Gasteiger partial charge in [-0.15, -0.1) is 0 Å². The van der Waals surface area contributed by atoms with Crippen LogP contribution in [-0.4, -0.2) is 28.2 Å². The Hall–Kier alpha value is -11.5. The van der Waals surface area contributed by atoms with Crippen molar-refractivity contribution in [2.24, 2.45) is 0 Å². The number of aromatic nitrogens is 6. The van der Waals surface area contributed by atoms with Crippen LogP contribution in [0.25, 0.3) is 121 Å². The van der Waals surface area contributed by atoms with Crippen molar-refractivity contribution in [3.63, 3.8) is 0 Å². The van der Waals surface area contributed by atoms with Gasteiger partial charge in [0.05, 0.1) is 119 Å². The highest BCUT2D eigenvalue weighted by molar-refractivity contribution is 6.13. The zero-order valence-corrected chi connectivity index (χ0v) is 43.6. The highest BCUT2D eigenvalue weighted by atomic mass is 16.5. The number of benzene rings is 10. The number of hydrogen-bond acceptors (Lipinski definition) is 5. The molecular weight excluding hydrogens is 1000 g/mol. The van der Waals surface area contributed by atoms with Crippen molar-refractivity contribution in [3.8, 4) is 57.8 Å². The smallest absolute Gasteiger partial charge is 0.156 e. The van der Waals surface area contributed by atoms with Crippen LogP contribution >= 0.6 is 0 Å². The van der Waals surface area contributed by atoms with Crippen LogP contribution in [0.5, 0.6) is 11.5 Å². The first-order valence-corrected chi connectivity index (χ1v) is 27.4. The fraction of sp³-hybridized carbons (Fsp3) is 0.0137. The average Bonchev–Trinajstić information content (AvgIpc) is 1.56. The third kappa shape index (κ3) is 5.67. The molecule has 0 radical (unpaired) electrons. The van der Waals surface area contributed by atoms with Gasteiger partial charge in [-0.1, -0.05) is 133 Å². The van der Waals surface area contributed by atoms with E-state index >= 15 is 0 Å². The summed E-state index contributed by atoms with van der Waals surface area (Å²) in [6.45, 7) is 0. The fourth-order valence-corrected chi connectivity index (χ4v) is 14.3. The molecule has 1 aliphatic heterocycles.